The molecule has 1 aliphatic heterocycles. The number of nitro groups is 1. The van der Waals surface area contributed by atoms with Crippen molar-refractivity contribution in [3.63, 3.8) is 0 Å². The van der Waals surface area contributed by atoms with Crippen LogP contribution in [-0.2, 0) is 4.79 Å². The molecule has 0 unspecified atom stereocenters. The second kappa shape index (κ2) is 6.52. The van der Waals surface area contributed by atoms with Crippen LogP contribution in [-0.4, -0.2) is 34.7 Å². The molecule has 1 fully saturated rings. The number of carbonyl (C=O) groups is 2. The number of likely N-dealkylation sites (tertiary alicyclic amines) is 1. The number of hydrogen-bond acceptors (Lipinski definition) is 5. The van der Waals surface area contributed by atoms with Gasteiger partial charge in [0.25, 0.3) is 5.91 Å². The van der Waals surface area contributed by atoms with Gasteiger partial charge in [0, 0.05) is 18.8 Å². The number of nitrogens with one attached hydrogen (secondary N) is 1. The highest BCUT2D eigenvalue weighted by Crippen LogP contribution is 2.24. The molecule has 130 valence electrons. The number of rotatable bonds is 4. The quantitative estimate of drug-likeness (QED) is 0.660. The van der Waals surface area contributed by atoms with Crippen molar-refractivity contribution in [3.8, 4) is 0 Å². The van der Waals surface area contributed by atoms with Crippen LogP contribution in [0.25, 0.3) is 0 Å². The average Bonchev–Trinajstić information content (AvgIpc) is 2.99. The van der Waals surface area contributed by atoms with Gasteiger partial charge < -0.3 is 14.6 Å². The summed E-state index contributed by atoms with van der Waals surface area (Å²) in [4.78, 5) is 35.3. The summed E-state index contributed by atoms with van der Waals surface area (Å²) in [5, 5.41) is 13.0. The molecule has 0 spiro atoms. The highest BCUT2D eigenvalue weighted by Gasteiger charge is 2.37. The predicted molar refractivity (Wildman–Crippen MR) is 84.8 cm³/mol. The van der Waals surface area contributed by atoms with Gasteiger partial charge in [0.1, 0.15) is 10.7 Å². The molecule has 0 radical (unpaired) electrons. The number of benzene rings is 1. The lowest BCUT2D eigenvalue weighted by Gasteiger charge is -2.37. The number of furan rings is 1. The summed E-state index contributed by atoms with van der Waals surface area (Å²) in [6.45, 7) is 0.294. The molecule has 1 aromatic carbocycles. The van der Waals surface area contributed by atoms with E-state index in [0.717, 1.165) is 12.1 Å². The lowest BCUT2D eigenvalue weighted by atomic mass is 9.98. The number of halogens is 2. The summed E-state index contributed by atoms with van der Waals surface area (Å²) in [6, 6.07) is 6.11. The lowest BCUT2D eigenvalue weighted by Crippen LogP contribution is -2.54. The first kappa shape index (κ1) is 16.9. The molecule has 0 atom stereocenters. The van der Waals surface area contributed by atoms with Crippen LogP contribution in [0.1, 0.15) is 10.6 Å². The zero-order valence-electron chi connectivity index (χ0n) is 12.6. The van der Waals surface area contributed by atoms with E-state index < -0.39 is 28.4 Å². The molecule has 0 bridgehead atoms. The van der Waals surface area contributed by atoms with Gasteiger partial charge in [0.15, 0.2) is 5.76 Å². The van der Waals surface area contributed by atoms with Gasteiger partial charge in [-0.2, -0.15) is 0 Å². The van der Waals surface area contributed by atoms with Crippen LogP contribution in [0, 0.1) is 21.8 Å². The van der Waals surface area contributed by atoms with Crippen LogP contribution < -0.4 is 5.32 Å². The molecule has 3 rings (SSSR count). The Morgan fingerprint density at radius 1 is 1.32 bits per heavy atom. The van der Waals surface area contributed by atoms with Crippen LogP contribution >= 0.6 is 11.6 Å². The fraction of sp³-hybridized carbons (Fsp3) is 0.200. The zero-order chi connectivity index (χ0) is 18.1. The van der Waals surface area contributed by atoms with E-state index in [1.54, 1.807) is 0 Å². The lowest BCUT2D eigenvalue weighted by molar-refractivity contribution is -0.402. The van der Waals surface area contributed by atoms with Crippen LogP contribution in [0.5, 0.6) is 0 Å². The minimum Gasteiger partial charge on any atom is -0.395 e. The van der Waals surface area contributed by atoms with E-state index in [2.05, 4.69) is 5.32 Å². The molecule has 1 aliphatic rings. The predicted octanol–water partition coefficient (Wildman–Crippen LogP) is 2.69. The van der Waals surface area contributed by atoms with E-state index >= 15 is 0 Å². The Hall–Kier alpha value is -2.94. The first-order valence-electron chi connectivity index (χ1n) is 7.14. The molecule has 1 N–H and O–H groups in total. The van der Waals surface area contributed by atoms with Crippen molar-refractivity contribution in [2.24, 2.45) is 5.92 Å². The van der Waals surface area contributed by atoms with Gasteiger partial charge in [0.2, 0.25) is 5.91 Å². The van der Waals surface area contributed by atoms with Crippen LogP contribution in [0.15, 0.2) is 34.7 Å². The van der Waals surface area contributed by atoms with E-state index in [9.17, 15) is 24.1 Å². The number of hydrogen-bond donors (Lipinski definition) is 1. The second-order valence-corrected chi connectivity index (χ2v) is 5.83. The summed E-state index contributed by atoms with van der Waals surface area (Å²) in [6.07, 6.45) is 0. The van der Waals surface area contributed by atoms with E-state index in [4.69, 9.17) is 16.0 Å². The van der Waals surface area contributed by atoms with Gasteiger partial charge in [-0.05, 0) is 24.3 Å². The van der Waals surface area contributed by atoms with Crippen LogP contribution in [0.4, 0.5) is 16.0 Å². The van der Waals surface area contributed by atoms with Crippen molar-refractivity contribution in [1.29, 1.82) is 0 Å². The number of nitrogens with zero attached hydrogens (tertiary/aromatic N) is 2. The second-order valence-electron chi connectivity index (χ2n) is 5.42. The van der Waals surface area contributed by atoms with Crippen molar-refractivity contribution in [3.05, 3.63) is 57.0 Å². The smallest absolute Gasteiger partial charge is 0.395 e. The Morgan fingerprint density at radius 2 is 2.04 bits per heavy atom. The normalized spacial score (nSPS) is 14.1. The van der Waals surface area contributed by atoms with Crippen molar-refractivity contribution in [2.45, 2.75) is 0 Å². The summed E-state index contributed by atoms with van der Waals surface area (Å²) >= 11 is 5.64. The first-order valence-corrected chi connectivity index (χ1v) is 7.52. The Morgan fingerprint density at radius 3 is 2.64 bits per heavy atom. The molecule has 10 heteroatoms. The molecule has 0 aliphatic carbocycles. The molecule has 1 saturated heterocycles. The molecule has 2 aromatic rings. The Kier molecular flexibility index (Phi) is 4.41. The Balaban J connectivity index is 1.55. The fourth-order valence-electron chi connectivity index (χ4n) is 2.33. The van der Waals surface area contributed by atoms with Gasteiger partial charge >= 0.3 is 5.88 Å². The number of carbonyl (C=O) groups excluding carboxylic acids is 2. The molecule has 8 nitrogen and oxygen atoms in total. The monoisotopic (exact) mass is 367 g/mol. The van der Waals surface area contributed by atoms with Crippen LogP contribution in [0.3, 0.4) is 0 Å². The summed E-state index contributed by atoms with van der Waals surface area (Å²) in [5.41, 5.74) is 0.350. The third-order valence-corrected chi connectivity index (χ3v) is 4.00. The van der Waals surface area contributed by atoms with Crippen molar-refractivity contribution >= 4 is 35.0 Å². The Labute approximate surface area is 145 Å². The van der Waals surface area contributed by atoms with Crippen molar-refractivity contribution < 1.29 is 23.3 Å². The highest BCUT2D eigenvalue weighted by atomic mass is 35.5. The van der Waals surface area contributed by atoms with Gasteiger partial charge in [-0.15, -0.1) is 0 Å². The molecule has 0 saturated carbocycles. The number of anilines is 1. The van der Waals surface area contributed by atoms with Crippen LogP contribution in [0.2, 0.25) is 5.02 Å². The zero-order valence-corrected chi connectivity index (χ0v) is 13.3. The summed E-state index contributed by atoms with van der Waals surface area (Å²) in [5.74, 6) is -2.58. The largest absolute Gasteiger partial charge is 0.433 e. The maximum atomic E-state index is 13.1. The Bertz CT molecular complexity index is 863. The first-order chi connectivity index (χ1) is 11.8. The van der Waals surface area contributed by atoms with Crippen molar-refractivity contribution in [2.75, 3.05) is 18.4 Å². The average molecular weight is 368 g/mol. The van der Waals surface area contributed by atoms with Gasteiger partial charge in [-0.1, -0.05) is 11.6 Å². The third-order valence-electron chi connectivity index (χ3n) is 3.71. The van der Waals surface area contributed by atoms with Crippen molar-refractivity contribution in [1.82, 2.24) is 4.90 Å². The molecule has 2 heterocycles. The molecule has 1 aromatic heterocycles. The third kappa shape index (κ3) is 3.45. The maximum absolute atomic E-state index is 13.1. The fourth-order valence-corrected chi connectivity index (χ4v) is 2.51. The standard InChI is InChI=1S/C15H11ClFN3O5/c16-10-5-9(1-2-11(10)17)18-14(21)8-6-19(7-8)15(22)12-3-4-13(25-12)20(23)24/h1-5,8H,6-7H2,(H,18,21). The summed E-state index contributed by atoms with van der Waals surface area (Å²) < 4.78 is 17.9. The minimum atomic E-state index is -0.739. The topological polar surface area (TPSA) is 106 Å². The van der Waals surface area contributed by atoms with Gasteiger partial charge in [0.05, 0.1) is 17.0 Å². The van der Waals surface area contributed by atoms with Gasteiger partial charge in [-0.25, -0.2) is 4.39 Å². The highest BCUT2D eigenvalue weighted by molar-refractivity contribution is 6.31. The van der Waals surface area contributed by atoms with Gasteiger partial charge in [-0.3, -0.25) is 19.7 Å². The van der Waals surface area contributed by atoms with E-state index in [-0.39, 0.29) is 29.8 Å². The molecular formula is C15H11ClFN3O5. The maximum Gasteiger partial charge on any atom is 0.433 e. The van der Waals surface area contributed by atoms with E-state index in [1.165, 1.54) is 23.1 Å². The summed E-state index contributed by atoms with van der Waals surface area (Å²) in [7, 11) is 0. The number of amides is 2. The SMILES string of the molecule is O=C(Nc1ccc(F)c(Cl)c1)C1CN(C(=O)c2ccc([N+](=O)[O-])o2)C1. The molecule has 2 amide bonds. The molecule has 25 heavy (non-hydrogen) atoms. The minimum absolute atomic E-state index is 0.109. The van der Waals surface area contributed by atoms with E-state index in [0.29, 0.717) is 5.69 Å². The molecular weight excluding hydrogens is 357 g/mol. The van der Waals surface area contributed by atoms with E-state index in [1.807, 2.05) is 0 Å².